The van der Waals surface area contributed by atoms with Crippen LogP contribution in [-0.4, -0.2) is 31.9 Å². The third kappa shape index (κ3) is 4.40. The summed E-state index contributed by atoms with van der Waals surface area (Å²) in [5.74, 6) is -0.954. The minimum Gasteiger partial charge on any atom is -0.423 e. The summed E-state index contributed by atoms with van der Waals surface area (Å²) in [5.41, 5.74) is 8.32. The third-order valence-corrected chi connectivity index (χ3v) is 6.62. The van der Waals surface area contributed by atoms with Gasteiger partial charge in [-0.1, -0.05) is 36.4 Å². The first-order valence-corrected chi connectivity index (χ1v) is 12.5. The maximum absolute atomic E-state index is 12.9. The molecular formula is C31H24N4O4. The minimum atomic E-state index is -0.756. The van der Waals surface area contributed by atoms with Gasteiger partial charge in [0.05, 0.1) is 33.1 Å². The second-order valence-corrected chi connectivity index (χ2v) is 9.62. The molecule has 0 unspecified atom stereocenters. The highest BCUT2D eigenvalue weighted by atomic mass is 16.6. The summed E-state index contributed by atoms with van der Waals surface area (Å²) in [5, 5.41) is 0. The van der Waals surface area contributed by atoms with E-state index in [1.807, 2.05) is 88.4 Å². The molecule has 39 heavy (non-hydrogen) atoms. The molecule has 0 fully saturated rings. The number of nitrogens with zero attached hydrogens (tertiary/aromatic N) is 4. The number of benzene rings is 4. The van der Waals surface area contributed by atoms with Crippen molar-refractivity contribution in [3.63, 3.8) is 0 Å². The van der Waals surface area contributed by atoms with E-state index in [2.05, 4.69) is 0 Å². The van der Waals surface area contributed by atoms with Gasteiger partial charge in [0.15, 0.2) is 11.5 Å². The molecule has 0 atom stereocenters. The molecule has 0 amide bonds. The molecule has 0 aliphatic carbocycles. The predicted octanol–water partition coefficient (Wildman–Crippen LogP) is 6.01. The van der Waals surface area contributed by atoms with Gasteiger partial charge in [-0.3, -0.25) is 9.59 Å². The molecule has 4 aromatic carbocycles. The molecule has 0 N–H and O–H groups in total. The third-order valence-electron chi connectivity index (χ3n) is 6.62. The molecule has 6 aromatic rings. The molecule has 192 valence electrons. The van der Waals surface area contributed by atoms with E-state index < -0.39 is 18.4 Å². The zero-order chi connectivity index (χ0) is 27.3. The zero-order valence-corrected chi connectivity index (χ0v) is 21.9. The van der Waals surface area contributed by atoms with Gasteiger partial charge in [-0.25, -0.2) is 19.9 Å². The molecule has 0 saturated carbocycles. The zero-order valence-electron chi connectivity index (χ0n) is 21.9. The quantitative estimate of drug-likeness (QED) is 0.121. The summed E-state index contributed by atoms with van der Waals surface area (Å²) in [4.78, 5) is 44.7. The van der Waals surface area contributed by atoms with Gasteiger partial charge in [0, 0.05) is 0 Å². The SMILES string of the molecule is Cc1cc(C)c2nc3ccccc3nc2c1OC(=O)CC(=O)Oc1c(C)cc(C)c2nc3ccccc3nc12. The smallest absolute Gasteiger partial charge is 0.322 e. The van der Waals surface area contributed by atoms with Crippen molar-refractivity contribution in [2.24, 2.45) is 0 Å². The lowest BCUT2D eigenvalue weighted by atomic mass is 10.1. The fraction of sp³-hybridized carbons (Fsp3) is 0.161. The van der Waals surface area contributed by atoms with E-state index in [0.29, 0.717) is 44.2 Å². The number of aromatic nitrogens is 4. The van der Waals surface area contributed by atoms with Crippen LogP contribution >= 0.6 is 0 Å². The van der Waals surface area contributed by atoms with E-state index in [1.165, 1.54) is 0 Å². The van der Waals surface area contributed by atoms with Crippen molar-refractivity contribution >= 4 is 56.1 Å². The molecular weight excluding hydrogens is 492 g/mol. The topological polar surface area (TPSA) is 104 Å². The first-order chi connectivity index (χ1) is 18.8. The largest absolute Gasteiger partial charge is 0.423 e. The monoisotopic (exact) mass is 516 g/mol. The molecule has 0 aliphatic rings. The second-order valence-electron chi connectivity index (χ2n) is 9.62. The summed E-state index contributed by atoms with van der Waals surface area (Å²) < 4.78 is 11.4. The number of para-hydroxylation sites is 4. The molecule has 2 heterocycles. The van der Waals surface area contributed by atoms with Crippen LogP contribution in [0.5, 0.6) is 11.5 Å². The lowest BCUT2D eigenvalue weighted by molar-refractivity contribution is -0.144. The Morgan fingerprint density at radius 3 is 1.23 bits per heavy atom. The van der Waals surface area contributed by atoms with Crippen molar-refractivity contribution in [2.45, 2.75) is 34.1 Å². The molecule has 0 aliphatic heterocycles. The van der Waals surface area contributed by atoms with Gasteiger partial charge in [-0.2, -0.15) is 0 Å². The number of fused-ring (bicyclic) bond motifs is 4. The Balaban J connectivity index is 1.30. The number of hydrogen-bond acceptors (Lipinski definition) is 8. The van der Waals surface area contributed by atoms with Crippen LogP contribution in [0.15, 0.2) is 60.7 Å². The Morgan fingerprint density at radius 1 is 0.538 bits per heavy atom. The maximum atomic E-state index is 12.9. The van der Waals surface area contributed by atoms with Crippen molar-refractivity contribution in [1.82, 2.24) is 19.9 Å². The van der Waals surface area contributed by atoms with Gasteiger partial charge in [0.25, 0.3) is 0 Å². The van der Waals surface area contributed by atoms with Crippen molar-refractivity contribution in [3.8, 4) is 11.5 Å². The van der Waals surface area contributed by atoms with Crippen LogP contribution in [0.1, 0.15) is 28.7 Å². The highest BCUT2D eigenvalue weighted by Crippen LogP contribution is 2.33. The van der Waals surface area contributed by atoms with Gasteiger partial charge in [-0.15, -0.1) is 0 Å². The van der Waals surface area contributed by atoms with Crippen molar-refractivity contribution in [3.05, 3.63) is 82.9 Å². The van der Waals surface area contributed by atoms with Crippen LogP contribution in [0.2, 0.25) is 0 Å². The summed E-state index contributed by atoms with van der Waals surface area (Å²) in [6.45, 7) is 7.52. The van der Waals surface area contributed by atoms with Gasteiger partial charge in [-0.05, 0) is 74.2 Å². The highest BCUT2D eigenvalue weighted by Gasteiger charge is 2.22. The summed E-state index contributed by atoms with van der Waals surface area (Å²) >= 11 is 0. The van der Waals surface area contributed by atoms with E-state index in [9.17, 15) is 9.59 Å². The maximum Gasteiger partial charge on any atom is 0.322 e. The van der Waals surface area contributed by atoms with Crippen LogP contribution in [0.4, 0.5) is 0 Å². The van der Waals surface area contributed by atoms with E-state index in [4.69, 9.17) is 29.4 Å². The normalized spacial score (nSPS) is 11.4. The molecule has 0 radical (unpaired) electrons. The van der Waals surface area contributed by atoms with Crippen molar-refractivity contribution in [1.29, 1.82) is 0 Å². The molecule has 0 bridgehead atoms. The van der Waals surface area contributed by atoms with Crippen LogP contribution in [-0.2, 0) is 9.59 Å². The number of ether oxygens (including phenoxy) is 2. The molecule has 2 aromatic heterocycles. The Kier molecular flexibility index (Phi) is 5.87. The number of carbonyl (C=O) groups excluding carboxylic acids is 2. The lowest BCUT2D eigenvalue weighted by Gasteiger charge is -2.14. The van der Waals surface area contributed by atoms with E-state index in [0.717, 1.165) is 22.2 Å². The van der Waals surface area contributed by atoms with E-state index in [-0.39, 0.29) is 11.5 Å². The van der Waals surface area contributed by atoms with E-state index in [1.54, 1.807) is 0 Å². The molecule has 6 rings (SSSR count). The summed E-state index contributed by atoms with van der Waals surface area (Å²) in [7, 11) is 0. The number of carbonyl (C=O) groups is 2. The first kappa shape index (κ1) is 24.4. The number of esters is 2. The van der Waals surface area contributed by atoms with Gasteiger partial charge < -0.3 is 9.47 Å². The van der Waals surface area contributed by atoms with Gasteiger partial charge in [0.2, 0.25) is 0 Å². The fourth-order valence-corrected chi connectivity index (χ4v) is 4.83. The standard InChI is InChI=1S/C31H24N4O4/c1-16-13-18(3)30(28-26(16)32-20-9-5-7-11-22(20)34-28)38-24(36)15-25(37)39-31-19(4)14-17(2)27-29(31)35-23-12-8-6-10-21(23)33-27/h5-14H,15H2,1-4H3. The Bertz CT molecular complexity index is 1840. The summed E-state index contributed by atoms with van der Waals surface area (Å²) in [6.07, 6.45) is -0.592. The Morgan fingerprint density at radius 2 is 0.872 bits per heavy atom. The highest BCUT2D eigenvalue weighted by molar-refractivity contribution is 5.99. The summed E-state index contributed by atoms with van der Waals surface area (Å²) in [6, 6.07) is 18.8. The van der Waals surface area contributed by atoms with Gasteiger partial charge in [0.1, 0.15) is 17.5 Å². The Labute approximate surface area is 223 Å². The van der Waals surface area contributed by atoms with Crippen LogP contribution < -0.4 is 9.47 Å². The first-order valence-electron chi connectivity index (χ1n) is 12.5. The van der Waals surface area contributed by atoms with Crippen LogP contribution in [0, 0.1) is 27.7 Å². The number of hydrogen-bond donors (Lipinski definition) is 0. The van der Waals surface area contributed by atoms with Gasteiger partial charge >= 0.3 is 11.9 Å². The van der Waals surface area contributed by atoms with Crippen LogP contribution in [0.3, 0.4) is 0 Å². The number of rotatable bonds is 4. The Hall–Kier alpha value is -4.98. The average molecular weight is 517 g/mol. The molecule has 8 nitrogen and oxygen atoms in total. The van der Waals surface area contributed by atoms with Crippen LogP contribution in [0.25, 0.3) is 44.1 Å². The lowest BCUT2D eigenvalue weighted by Crippen LogP contribution is -2.19. The van der Waals surface area contributed by atoms with Crippen molar-refractivity contribution in [2.75, 3.05) is 0 Å². The average Bonchev–Trinajstić information content (AvgIpc) is 2.91. The predicted molar refractivity (Wildman–Crippen MR) is 149 cm³/mol. The van der Waals surface area contributed by atoms with E-state index >= 15 is 0 Å². The second kappa shape index (κ2) is 9.40. The molecule has 0 saturated heterocycles. The number of aryl methyl sites for hydroxylation is 4. The van der Waals surface area contributed by atoms with Crippen molar-refractivity contribution < 1.29 is 19.1 Å². The fourth-order valence-electron chi connectivity index (χ4n) is 4.83. The molecule has 0 spiro atoms. The molecule has 8 heteroatoms. The minimum absolute atomic E-state index is 0.279.